The largest absolute Gasteiger partial charge is 0.497 e. The fraction of sp³-hybridized carbons (Fsp3) is 0.357. The first-order valence-corrected chi connectivity index (χ1v) is 12.2. The Kier molecular flexibility index (Phi) is 8.08. The lowest BCUT2D eigenvalue weighted by Crippen LogP contribution is -2.42. The lowest BCUT2D eigenvalue weighted by atomic mass is 10.2. The monoisotopic (exact) mass is 501 g/mol. The number of aromatic nitrogens is 3. The minimum absolute atomic E-state index is 0.0319. The van der Waals surface area contributed by atoms with Crippen LogP contribution in [0.1, 0.15) is 44.9 Å². The van der Waals surface area contributed by atoms with E-state index in [1.807, 2.05) is 32.9 Å². The Bertz CT molecular complexity index is 1260. The molecule has 37 heavy (non-hydrogen) atoms. The summed E-state index contributed by atoms with van der Waals surface area (Å²) in [5.74, 6) is 8.08. The first kappa shape index (κ1) is 25.8. The molecule has 192 valence electrons. The lowest BCUT2D eigenvalue weighted by molar-refractivity contribution is 0.0235. The van der Waals surface area contributed by atoms with Crippen LogP contribution in [0.5, 0.6) is 17.4 Å². The van der Waals surface area contributed by atoms with Crippen molar-refractivity contribution >= 4 is 11.9 Å². The molecule has 0 spiro atoms. The van der Waals surface area contributed by atoms with Gasteiger partial charge in [0.05, 0.1) is 19.3 Å². The molecule has 3 aromatic rings. The summed E-state index contributed by atoms with van der Waals surface area (Å²) >= 11 is 0. The second-order valence-electron chi connectivity index (χ2n) is 9.53. The predicted octanol–water partition coefficient (Wildman–Crippen LogP) is 4.88. The highest BCUT2D eigenvalue weighted by Crippen LogP contribution is 2.28. The Morgan fingerprint density at radius 3 is 2.62 bits per heavy atom. The van der Waals surface area contributed by atoms with Crippen molar-refractivity contribution in [3.05, 3.63) is 66.2 Å². The van der Waals surface area contributed by atoms with E-state index in [1.165, 1.54) is 0 Å². The molecular weight excluding hydrogens is 470 g/mol. The Hall–Kier alpha value is -4.32. The Labute approximate surface area is 217 Å². The third-order valence-electron chi connectivity index (χ3n) is 5.52. The van der Waals surface area contributed by atoms with Crippen LogP contribution in [0, 0.1) is 11.8 Å². The van der Waals surface area contributed by atoms with E-state index in [9.17, 15) is 4.79 Å². The first-order chi connectivity index (χ1) is 17.8. The van der Waals surface area contributed by atoms with Crippen LogP contribution in [0.4, 0.5) is 10.6 Å². The molecule has 4 rings (SSSR count). The van der Waals surface area contributed by atoms with Gasteiger partial charge in [-0.15, -0.1) is 0 Å². The van der Waals surface area contributed by atoms with Gasteiger partial charge in [-0.05, 0) is 75.9 Å². The molecule has 9 nitrogen and oxygen atoms in total. The fourth-order valence-corrected chi connectivity index (χ4v) is 3.78. The molecule has 1 atom stereocenters. The smallest absolute Gasteiger partial charge is 0.410 e. The van der Waals surface area contributed by atoms with E-state index >= 15 is 0 Å². The van der Waals surface area contributed by atoms with Gasteiger partial charge in [0.15, 0.2) is 5.82 Å². The third kappa shape index (κ3) is 7.34. The van der Waals surface area contributed by atoms with Crippen molar-refractivity contribution in [3.63, 3.8) is 0 Å². The van der Waals surface area contributed by atoms with Crippen molar-refractivity contribution < 1.29 is 19.0 Å². The van der Waals surface area contributed by atoms with Crippen LogP contribution >= 0.6 is 0 Å². The molecule has 1 aliphatic heterocycles. The summed E-state index contributed by atoms with van der Waals surface area (Å²) in [6, 6.07) is 10.9. The second kappa shape index (κ2) is 11.6. The topological polar surface area (TPSA) is 98.7 Å². The number of anilines is 1. The Morgan fingerprint density at radius 2 is 1.92 bits per heavy atom. The summed E-state index contributed by atoms with van der Waals surface area (Å²) in [6.07, 6.45) is 6.44. The van der Waals surface area contributed by atoms with Gasteiger partial charge >= 0.3 is 6.09 Å². The van der Waals surface area contributed by atoms with E-state index in [2.05, 4.69) is 32.1 Å². The van der Waals surface area contributed by atoms with Crippen LogP contribution in [-0.4, -0.2) is 57.8 Å². The highest BCUT2D eigenvalue weighted by molar-refractivity contribution is 5.69. The van der Waals surface area contributed by atoms with E-state index in [0.29, 0.717) is 30.4 Å². The summed E-state index contributed by atoms with van der Waals surface area (Å²) in [4.78, 5) is 27.6. The van der Waals surface area contributed by atoms with Crippen LogP contribution in [0.2, 0.25) is 0 Å². The van der Waals surface area contributed by atoms with Gasteiger partial charge in [-0.2, -0.15) is 4.98 Å². The van der Waals surface area contributed by atoms with Crippen molar-refractivity contribution in [1.82, 2.24) is 19.9 Å². The molecular formula is C28H31N5O4. The summed E-state index contributed by atoms with van der Waals surface area (Å²) < 4.78 is 16.9. The molecule has 3 heterocycles. The zero-order chi connectivity index (χ0) is 26.3. The fourth-order valence-electron chi connectivity index (χ4n) is 3.78. The van der Waals surface area contributed by atoms with Crippen LogP contribution in [-0.2, 0) is 4.74 Å². The number of pyridine rings is 1. The number of benzene rings is 1. The maximum absolute atomic E-state index is 12.7. The molecule has 0 saturated carbocycles. The summed E-state index contributed by atoms with van der Waals surface area (Å²) in [6.45, 7) is 6.74. The van der Waals surface area contributed by atoms with Gasteiger partial charge < -0.3 is 24.4 Å². The summed E-state index contributed by atoms with van der Waals surface area (Å²) in [5, 5.41) is 3.32. The average Bonchev–Trinajstić information content (AvgIpc) is 3.36. The molecule has 0 aliphatic carbocycles. The SMILES string of the molecule is COc1ccc(Oc2nc(C#Cc3cccnc3)cnc2NCC2CCCN2C(=O)OC(C)(C)C)cc1. The van der Waals surface area contributed by atoms with E-state index in [4.69, 9.17) is 14.2 Å². The number of likely N-dealkylation sites (tertiary alicyclic amines) is 1. The summed E-state index contributed by atoms with van der Waals surface area (Å²) in [7, 11) is 1.61. The number of ether oxygens (including phenoxy) is 3. The molecule has 2 aromatic heterocycles. The van der Waals surface area contributed by atoms with Crippen molar-refractivity contribution in [1.29, 1.82) is 0 Å². The van der Waals surface area contributed by atoms with E-state index in [-0.39, 0.29) is 18.0 Å². The van der Waals surface area contributed by atoms with Gasteiger partial charge in [-0.3, -0.25) is 4.98 Å². The van der Waals surface area contributed by atoms with E-state index in [1.54, 1.807) is 54.9 Å². The third-order valence-corrected chi connectivity index (χ3v) is 5.52. The number of methoxy groups -OCH3 is 1. The van der Waals surface area contributed by atoms with Gasteiger partial charge in [0.25, 0.3) is 5.88 Å². The zero-order valence-electron chi connectivity index (χ0n) is 21.5. The highest BCUT2D eigenvalue weighted by atomic mass is 16.6. The van der Waals surface area contributed by atoms with Gasteiger partial charge in [-0.1, -0.05) is 5.92 Å². The van der Waals surface area contributed by atoms with Crippen molar-refractivity contribution in [2.24, 2.45) is 0 Å². The number of nitrogens with zero attached hydrogens (tertiary/aromatic N) is 4. The van der Waals surface area contributed by atoms with Gasteiger partial charge in [0.1, 0.15) is 22.8 Å². The number of carbonyl (C=O) groups excluding carboxylic acids is 1. The number of hydrogen-bond acceptors (Lipinski definition) is 8. The maximum Gasteiger partial charge on any atom is 0.410 e. The Morgan fingerprint density at radius 1 is 1.14 bits per heavy atom. The number of nitrogens with one attached hydrogen (secondary N) is 1. The Balaban J connectivity index is 1.53. The number of carbonyl (C=O) groups is 1. The van der Waals surface area contributed by atoms with Crippen LogP contribution in [0.25, 0.3) is 0 Å². The second-order valence-corrected chi connectivity index (χ2v) is 9.53. The highest BCUT2D eigenvalue weighted by Gasteiger charge is 2.32. The predicted molar refractivity (Wildman–Crippen MR) is 140 cm³/mol. The minimum atomic E-state index is -0.546. The van der Waals surface area contributed by atoms with Crippen molar-refractivity contribution in [3.8, 4) is 29.2 Å². The first-order valence-electron chi connectivity index (χ1n) is 12.2. The molecule has 1 amide bonds. The average molecular weight is 502 g/mol. The van der Waals surface area contributed by atoms with Crippen LogP contribution in [0.3, 0.4) is 0 Å². The van der Waals surface area contributed by atoms with Gasteiger partial charge in [0.2, 0.25) is 0 Å². The number of amides is 1. The molecule has 1 saturated heterocycles. The lowest BCUT2D eigenvalue weighted by Gasteiger charge is -2.28. The molecule has 0 bridgehead atoms. The maximum atomic E-state index is 12.7. The number of hydrogen-bond donors (Lipinski definition) is 1. The van der Waals surface area contributed by atoms with Crippen molar-refractivity contribution in [2.45, 2.75) is 45.3 Å². The molecule has 1 aromatic carbocycles. The quantitative estimate of drug-likeness (QED) is 0.477. The molecule has 1 N–H and O–H groups in total. The standard InChI is InChI=1S/C28H31N5O4/c1-28(2,3)37-27(34)33-16-6-8-22(33)19-31-25-26(36-24-13-11-23(35-4)12-14-24)32-21(18-30-25)10-9-20-7-5-15-29-17-20/h5,7,11-15,17-18,22H,6,8,16,19H2,1-4H3,(H,30,31). The molecule has 9 heteroatoms. The van der Waals surface area contributed by atoms with Crippen molar-refractivity contribution in [2.75, 3.05) is 25.5 Å². The summed E-state index contributed by atoms with van der Waals surface area (Å²) in [5.41, 5.74) is 0.677. The van der Waals surface area contributed by atoms with Gasteiger partial charge in [0, 0.05) is 31.0 Å². The normalized spacial score (nSPS) is 14.9. The molecule has 1 fully saturated rings. The van der Waals surface area contributed by atoms with Crippen LogP contribution < -0.4 is 14.8 Å². The minimum Gasteiger partial charge on any atom is -0.497 e. The molecule has 1 unspecified atom stereocenters. The molecule has 1 aliphatic rings. The molecule has 0 radical (unpaired) electrons. The van der Waals surface area contributed by atoms with Gasteiger partial charge in [-0.25, -0.2) is 9.78 Å². The zero-order valence-corrected chi connectivity index (χ0v) is 21.5. The van der Waals surface area contributed by atoms with E-state index < -0.39 is 5.60 Å². The van der Waals surface area contributed by atoms with E-state index in [0.717, 1.165) is 24.2 Å². The van der Waals surface area contributed by atoms with Crippen LogP contribution in [0.15, 0.2) is 55.0 Å². The number of rotatable bonds is 6.